The molecule has 0 aromatic heterocycles. The van der Waals surface area contributed by atoms with Gasteiger partial charge < -0.3 is 9.94 Å². The summed E-state index contributed by atoms with van der Waals surface area (Å²) in [4.78, 5) is 12.7. The molecule has 1 aromatic rings. The summed E-state index contributed by atoms with van der Waals surface area (Å²) in [7, 11) is 0. The van der Waals surface area contributed by atoms with Gasteiger partial charge in [0.1, 0.15) is 18.1 Å². The second kappa shape index (κ2) is 6.26. The third-order valence-corrected chi connectivity index (χ3v) is 6.89. The zero-order valence-electron chi connectivity index (χ0n) is 15.6. The number of rotatable bonds is 3. The first-order valence-electron chi connectivity index (χ1n) is 9.60. The van der Waals surface area contributed by atoms with Crippen LogP contribution in [0, 0.1) is 17.3 Å². The van der Waals surface area contributed by atoms with Gasteiger partial charge in [0.25, 0.3) is 0 Å². The molecule has 4 nitrogen and oxygen atoms in total. The van der Waals surface area contributed by atoms with Crippen molar-refractivity contribution in [1.82, 2.24) is 0 Å². The number of carbonyl (C=O) groups is 1. The van der Waals surface area contributed by atoms with Crippen molar-refractivity contribution >= 4 is 11.5 Å². The van der Waals surface area contributed by atoms with Crippen molar-refractivity contribution in [1.29, 1.82) is 0 Å². The van der Waals surface area contributed by atoms with Crippen LogP contribution >= 0.6 is 0 Å². The zero-order valence-corrected chi connectivity index (χ0v) is 15.6. The van der Waals surface area contributed by atoms with Crippen LogP contribution < -0.4 is 4.74 Å². The maximum absolute atomic E-state index is 12.7. The summed E-state index contributed by atoms with van der Waals surface area (Å²) < 4.78 is 5.81. The number of hydrogen-bond acceptors (Lipinski definition) is 4. The summed E-state index contributed by atoms with van der Waals surface area (Å²) in [6, 6.07) is 6.47. The Kier molecular flexibility index (Phi) is 4.17. The predicted molar refractivity (Wildman–Crippen MR) is 101 cm³/mol. The first kappa shape index (κ1) is 17.3. The van der Waals surface area contributed by atoms with Crippen LogP contribution in [0.25, 0.3) is 0 Å². The fourth-order valence-electron chi connectivity index (χ4n) is 5.55. The number of ether oxygens (including phenoxy) is 1. The Morgan fingerprint density at radius 3 is 2.96 bits per heavy atom. The van der Waals surface area contributed by atoms with Gasteiger partial charge >= 0.3 is 0 Å². The van der Waals surface area contributed by atoms with Crippen molar-refractivity contribution in [2.75, 3.05) is 6.61 Å². The third-order valence-electron chi connectivity index (χ3n) is 6.89. The maximum atomic E-state index is 12.7. The first-order valence-corrected chi connectivity index (χ1v) is 9.60. The minimum atomic E-state index is -0.342. The van der Waals surface area contributed by atoms with E-state index in [0.29, 0.717) is 36.5 Å². The minimum Gasteiger partial charge on any atom is -0.489 e. The van der Waals surface area contributed by atoms with Gasteiger partial charge in [-0.25, -0.2) is 0 Å². The number of hydrogen-bond donors (Lipinski definition) is 1. The Bertz CT molecular complexity index is 797. The molecule has 0 unspecified atom stereocenters. The van der Waals surface area contributed by atoms with Crippen molar-refractivity contribution in [3.8, 4) is 5.75 Å². The van der Waals surface area contributed by atoms with E-state index in [1.165, 1.54) is 11.1 Å². The molecule has 0 spiro atoms. The largest absolute Gasteiger partial charge is 0.489 e. The second-order valence-electron chi connectivity index (χ2n) is 8.56. The fourth-order valence-corrected chi connectivity index (χ4v) is 5.55. The number of Topliss-reactive ketones (excluding diaryl/α,β-unsaturated/α-hetero) is 1. The average molecular weight is 353 g/mol. The molecule has 2 saturated carbocycles. The number of ketones is 1. The Morgan fingerprint density at radius 2 is 2.23 bits per heavy atom. The number of nitrogens with zero attached hydrogens (tertiary/aromatic N) is 1. The standard InChI is InChI=1S/C22H27NO3/c1-13(2)12-26-15-5-7-16-14(10-15)4-6-18-17(16)8-9-22(3)19(18)11-20(23-25)21(22)24/h5,7,10,17-19,25H,1,4,6,8-9,11-12H2,2-3H3/b23-20+/t17-,18+,19-,22-/m1/s1. The molecule has 4 rings (SSSR count). The van der Waals surface area contributed by atoms with Gasteiger partial charge in [0, 0.05) is 11.8 Å². The molecule has 3 aliphatic carbocycles. The van der Waals surface area contributed by atoms with Crippen LogP contribution in [0.5, 0.6) is 5.75 Å². The van der Waals surface area contributed by atoms with Gasteiger partial charge in [0.05, 0.1) is 0 Å². The van der Waals surface area contributed by atoms with E-state index in [-0.39, 0.29) is 11.2 Å². The molecule has 0 amide bonds. The van der Waals surface area contributed by atoms with E-state index < -0.39 is 0 Å². The zero-order chi connectivity index (χ0) is 18.5. The molecule has 2 fully saturated rings. The third kappa shape index (κ3) is 2.58. The van der Waals surface area contributed by atoms with E-state index in [2.05, 4.69) is 36.9 Å². The molecule has 0 radical (unpaired) electrons. The van der Waals surface area contributed by atoms with Gasteiger partial charge in [-0.1, -0.05) is 24.7 Å². The predicted octanol–water partition coefficient (Wildman–Crippen LogP) is 4.51. The molecule has 0 bridgehead atoms. The lowest BCUT2D eigenvalue weighted by Crippen LogP contribution is -2.42. The number of carbonyl (C=O) groups excluding carboxylic acids is 1. The first-order chi connectivity index (χ1) is 12.4. The Balaban J connectivity index is 1.61. The molecular weight excluding hydrogens is 326 g/mol. The van der Waals surface area contributed by atoms with Gasteiger partial charge in [-0.2, -0.15) is 0 Å². The Morgan fingerprint density at radius 1 is 1.42 bits per heavy atom. The molecule has 0 heterocycles. The van der Waals surface area contributed by atoms with Crippen LogP contribution in [0.15, 0.2) is 35.5 Å². The quantitative estimate of drug-likeness (QED) is 0.494. The summed E-state index contributed by atoms with van der Waals surface area (Å²) >= 11 is 0. The lowest BCUT2D eigenvalue weighted by atomic mass is 9.55. The Labute approximate surface area is 154 Å². The highest BCUT2D eigenvalue weighted by atomic mass is 16.5. The highest BCUT2D eigenvalue weighted by Gasteiger charge is 2.57. The Hall–Kier alpha value is -2.10. The van der Waals surface area contributed by atoms with Crippen molar-refractivity contribution < 1.29 is 14.7 Å². The molecule has 1 N–H and O–H groups in total. The van der Waals surface area contributed by atoms with E-state index in [1.807, 2.05) is 6.92 Å². The summed E-state index contributed by atoms with van der Waals surface area (Å²) in [5, 5.41) is 12.5. The monoisotopic (exact) mass is 353 g/mol. The van der Waals surface area contributed by atoms with Crippen LogP contribution in [0.2, 0.25) is 0 Å². The summed E-state index contributed by atoms with van der Waals surface area (Å²) in [6.45, 7) is 8.49. The van der Waals surface area contributed by atoms with E-state index >= 15 is 0 Å². The molecule has 26 heavy (non-hydrogen) atoms. The van der Waals surface area contributed by atoms with Gasteiger partial charge in [-0.15, -0.1) is 0 Å². The molecule has 0 aliphatic heterocycles. The van der Waals surface area contributed by atoms with Gasteiger partial charge in [0.15, 0.2) is 5.78 Å². The fraction of sp³-hybridized carbons (Fsp3) is 0.545. The smallest absolute Gasteiger partial charge is 0.186 e. The summed E-state index contributed by atoms with van der Waals surface area (Å²) in [6.07, 6.45) is 4.65. The highest BCUT2D eigenvalue weighted by Crippen LogP contribution is 2.59. The lowest BCUT2D eigenvalue weighted by Gasteiger charge is -2.47. The molecule has 138 valence electrons. The number of benzene rings is 1. The van der Waals surface area contributed by atoms with Crippen molar-refractivity contribution in [2.24, 2.45) is 22.4 Å². The van der Waals surface area contributed by atoms with E-state index in [0.717, 1.165) is 37.0 Å². The summed E-state index contributed by atoms with van der Waals surface area (Å²) in [5.74, 6) is 2.27. The van der Waals surface area contributed by atoms with Crippen molar-refractivity contribution in [3.05, 3.63) is 41.5 Å². The van der Waals surface area contributed by atoms with Crippen molar-refractivity contribution in [3.63, 3.8) is 0 Å². The van der Waals surface area contributed by atoms with E-state index in [4.69, 9.17) is 4.74 Å². The van der Waals surface area contributed by atoms with Crippen LogP contribution in [-0.2, 0) is 11.2 Å². The van der Waals surface area contributed by atoms with Crippen LogP contribution in [0.3, 0.4) is 0 Å². The SMILES string of the molecule is C=C(C)COc1ccc2c(c1)CC[C@H]1[C@@H]2CC[C@@]2(C)C(=O)/C(=N/O)C[C@H]12. The van der Waals surface area contributed by atoms with Crippen LogP contribution in [-0.4, -0.2) is 23.3 Å². The molecule has 0 saturated heterocycles. The number of oxime groups is 1. The molecule has 3 aliphatic rings. The van der Waals surface area contributed by atoms with Gasteiger partial charge in [-0.05, 0) is 79.2 Å². The average Bonchev–Trinajstić information content (AvgIpc) is 2.90. The molecule has 4 heteroatoms. The highest BCUT2D eigenvalue weighted by molar-refractivity contribution is 6.43. The number of aryl methyl sites for hydroxylation is 1. The van der Waals surface area contributed by atoms with E-state index in [1.54, 1.807) is 0 Å². The molecule has 4 atom stereocenters. The minimum absolute atomic E-state index is 0.0674. The van der Waals surface area contributed by atoms with Crippen LogP contribution in [0.1, 0.15) is 56.6 Å². The maximum Gasteiger partial charge on any atom is 0.186 e. The van der Waals surface area contributed by atoms with Gasteiger partial charge in [0.2, 0.25) is 0 Å². The normalized spacial score (nSPS) is 34.2. The van der Waals surface area contributed by atoms with Crippen molar-refractivity contribution in [2.45, 2.75) is 51.9 Å². The van der Waals surface area contributed by atoms with Gasteiger partial charge in [-0.3, -0.25) is 4.79 Å². The lowest BCUT2D eigenvalue weighted by molar-refractivity contribution is -0.125. The van der Waals surface area contributed by atoms with Crippen LogP contribution in [0.4, 0.5) is 0 Å². The van der Waals surface area contributed by atoms with E-state index in [9.17, 15) is 10.0 Å². The number of fused-ring (bicyclic) bond motifs is 5. The second-order valence-corrected chi connectivity index (χ2v) is 8.56. The topological polar surface area (TPSA) is 58.9 Å². The molecular formula is C22H27NO3. The summed E-state index contributed by atoms with van der Waals surface area (Å²) in [5.41, 5.74) is 3.86. The molecule has 1 aromatic carbocycles.